The van der Waals surface area contributed by atoms with Crippen molar-refractivity contribution in [1.29, 1.82) is 0 Å². The van der Waals surface area contributed by atoms with Gasteiger partial charge in [-0.2, -0.15) is 0 Å². The molecule has 3 rings (SSSR count). The van der Waals surface area contributed by atoms with Crippen LogP contribution < -0.4 is 0 Å². The highest BCUT2D eigenvalue weighted by Gasteiger charge is 2.70. The minimum atomic E-state index is -1.10. The number of methoxy groups -OCH3 is 2. The number of hydrogen-bond acceptors (Lipinski definition) is 7. The van der Waals surface area contributed by atoms with Crippen molar-refractivity contribution in [2.24, 2.45) is 0 Å². The molecule has 0 spiro atoms. The third-order valence-corrected chi connectivity index (χ3v) is 5.78. The molecule has 0 radical (unpaired) electrons. The van der Waals surface area contributed by atoms with Crippen LogP contribution in [0.15, 0.2) is 41.7 Å². The molecule has 8 nitrogen and oxygen atoms in total. The lowest BCUT2D eigenvalue weighted by Gasteiger charge is -2.57. The zero-order chi connectivity index (χ0) is 21.3. The molecule has 1 aromatic carbocycles. The summed E-state index contributed by atoms with van der Waals surface area (Å²) in [6, 6.07) is 8.80. The molecular weight excluding hydrogens is 376 g/mol. The molecule has 1 fully saturated rings. The molecule has 0 bridgehead atoms. The minimum Gasteiger partial charge on any atom is -0.466 e. The number of esters is 2. The highest BCUT2D eigenvalue weighted by atomic mass is 16.7. The van der Waals surface area contributed by atoms with Gasteiger partial charge in [0, 0.05) is 19.0 Å². The third-order valence-electron chi connectivity index (χ3n) is 5.78. The molecule has 1 saturated heterocycles. The van der Waals surface area contributed by atoms with Gasteiger partial charge in [-0.3, -0.25) is 4.79 Å². The minimum absolute atomic E-state index is 0.0676. The Bertz CT molecular complexity index is 848. The average molecular weight is 402 g/mol. The average Bonchev–Trinajstić information content (AvgIpc) is 3.10. The second-order valence-electron chi connectivity index (χ2n) is 7.10. The van der Waals surface area contributed by atoms with Crippen molar-refractivity contribution in [3.05, 3.63) is 47.2 Å². The van der Waals surface area contributed by atoms with E-state index in [1.807, 2.05) is 44.2 Å². The smallest absolute Gasteiger partial charge is 0.376 e. The summed E-state index contributed by atoms with van der Waals surface area (Å²) >= 11 is 0. The quantitative estimate of drug-likeness (QED) is 0.669. The van der Waals surface area contributed by atoms with Gasteiger partial charge in [-0.15, -0.1) is 5.06 Å². The van der Waals surface area contributed by atoms with Crippen molar-refractivity contribution in [3.8, 4) is 0 Å². The summed E-state index contributed by atoms with van der Waals surface area (Å²) in [5.74, 6) is -2.25. The van der Waals surface area contributed by atoms with Crippen LogP contribution in [0.4, 0.5) is 0 Å². The summed E-state index contributed by atoms with van der Waals surface area (Å²) in [6.07, 6.45) is 0. The van der Waals surface area contributed by atoms with E-state index in [-0.39, 0.29) is 17.2 Å². The van der Waals surface area contributed by atoms with Crippen molar-refractivity contribution in [3.63, 3.8) is 0 Å². The SMILES string of the molecule is CCN(CC)C(=O)[C@@]1(C)[C@@H](c2ccccc2)[C@@H]2C(C(=O)OC)=C(C(=O)OC)ON21. The Kier molecular flexibility index (Phi) is 5.66. The number of likely N-dealkylation sites (N-methyl/N-ethyl adjacent to an activating group) is 1. The van der Waals surface area contributed by atoms with E-state index in [1.165, 1.54) is 19.3 Å². The van der Waals surface area contributed by atoms with Gasteiger partial charge in [0.05, 0.1) is 20.3 Å². The van der Waals surface area contributed by atoms with Gasteiger partial charge in [-0.1, -0.05) is 30.3 Å². The molecule has 0 unspecified atom stereocenters. The fourth-order valence-electron chi connectivity index (χ4n) is 4.29. The molecule has 29 heavy (non-hydrogen) atoms. The lowest BCUT2D eigenvalue weighted by Crippen LogP contribution is -2.74. The molecule has 0 aromatic heterocycles. The van der Waals surface area contributed by atoms with Crippen LogP contribution in [0.25, 0.3) is 0 Å². The summed E-state index contributed by atoms with van der Waals surface area (Å²) in [7, 11) is 2.45. The van der Waals surface area contributed by atoms with Crippen molar-refractivity contribution < 1.29 is 28.7 Å². The maximum absolute atomic E-state index is 13.5. The normalized spacial score (nSPS) is 25.6. The van der Waals surface area contributed by atoms with Gasteiger partial charge >= 0.3 is 11.9 Å². The van der Waals surface area contributed by atoms with Crippen molar-refractivity contribution in [2.45, 2.75) is 38.3 Å². The molecular formula is C21H26N2O6. The molecule has 0 saturated carbocycles. The van der Waals surface area contributed by atoms with E-state index in [4.69, 9.17) is 14.3 Å². The number of hydrogen-bond donors (Lipinski definition) is 0. The van der Waals surface area contributed by atoms with E-state index in [2.05, 4.69) is 0 Å². The van der Waals surface area contributed by atoms with Crippen molar-refractivity contribution in [1.82, 2.24) is 9.96 Å². The van der Waals surface area contributed by atoms with Crippen LogP contribution in [-0.4, -0.2) is 66.7 Å². The molecule has 2 aliphatic rings. The molecule has 8 heteroatoms. The van der Waals surface area contributed by atoms with Gasteiger partial charge < -0.3 is 19.2 Å². The van der Waals surface area contributed by atoms with Crippen LogP contribution in [0.5, 0.6) is 0 Å². The van der Waals surface area contributed by atoms with Crippen LogP contribution in [0, 0.1) is 0 Å². The summed E-state index contributed by atoms with van der Waals surface area (Å²) in [5.41, 5.74) is -0.168. The summed E-state index contributed by atoms with van der Waals surface area (Å²) in [6.45, 7) is 6.65. The number of rotatable bonds is 6. The molecule has 156 valence electrons. The lowest BCUT2D eigenvalue weighted by atomic mass is 9.64. The van der Waals surface area contributed by atoms with Gasteiger partial charge in [-0.05, 0) is 26.3 Å². The summed E-state index contributed by atoms with van der Waals surface area (Å²) in [5, 5.41) is 1.43. The van der Waals surface area contributed by atoms with Gasteiger partial charge in [0.25, 0.3) is 0 Å². The molecule has 2 heterocycles. The number of benzene rings is 1. The monoisotopic (exact) mass is 402 g/mol. The second-order valence-corrected chi connectivity index (χ2v) is 7.10. The second kappa shape index (κ2) is 7.87. The topological polar surface area (TPSA) is 85.4 Å². The number of amides is 1. The molecule has 3 atom stereocenters. The van der Waals surface area contributed by atoms with E-state index in [9.17, 15) is 14.4 Å². The lowest BCUT2D eigenvalue weighted by molar-refractivity contribution is -0.262. The standard InChI is InChI=1S/C21H26N2O6/c1-6-22(7-2)20(26)21(3)15(13-11-9-8-10-12-13)16-14(18(24)27-4)17(19(25)28-5)29-23(16)21/h8-12,15-16H,6-7H2,1-5H3/t15-,16-,21+/m0/s1. The Morgan fingerprint density at radius 1 is 1.07 bits per heavy atom. The first kappa shape index (κ1) is 20.9. The molecule has 1 amide bonds. The van der Waals surface area contributed by atoms with E-state index < -0.39 is 29.4 Å². The number of carbonyl (C=O) groups is 3. The fourth-order valence-corrected chi connectivity index (χ4v) is 4.29. The largest absolute Gasteiger partial charge is 0.466 e. The van der Waals surface area contributed by atoms with Gasteiger partial charge in [0.15, 0.2) is 0 Å². The Hall–Kier alpha value is -2.87. The van der Waals surface area contributed by atoms with Crippen LogP contribution in [0.2, 0.25) is 0 Å². The Labute approximate surface area is 170 Å². The van der Waals surface area contributed by atoms with E-state index >= 15 is 0 Å². The fraction of sp³-hybridized carbons (Fsp3) is 0.476. The van der Waals surface area contributed by atoms with Crippen LogP contribution in [0.1, 0.15) is 32.3 Å². The van der Waals surface area contributed by atoms with E-state index in [1.54, 1.807) is 11.8 Å². The number of nitrogens with zero attached hydrogens (tertiary/aromatic N) is 2. The predicted molar refractivity (Wildman–Crippen MR) is 103 cm³/mol. The zero-order valence-electron chi connectivity index (χ0n) is 17.3. The van der Waals surface area contributed by atoms with E-state index in [0.717, 1.165) is 5.56 Å². The molecule has 1 aromatic rings. The first-order valence-corrected chi connectivity index (χ1v) is 9.59. The van der Waals surface area contributed by atoms with Crippen molar-refractivity contribution in [2.75, 3.05) is 27.3 Å². The zero-order valence-corrected chi connectivity index (χ0v) is 17.3. The Morgan fingerprint density at radius 2 is 1.66 bits per heavy atom. The third kappa shape index (κ3) is 2.98. The molecule has 0 N–H and O–H groups in total. The van der Waals surface area contributed by atoms with Crippen LogP contribution in [0.3, 0.4) is 0 Å². The number of ether oxygens (including phenoxy) is 2. The maximum atomic E-state index is 13.5. The summed E-state index contributed by atoms with van der Waals surface area (Å²) in [4.78, 5) is 45.8. The van der Waals surface area contributed by atoms with Crippen LogP contribution in [-0.2, 0) is 28.7 Å². The van der Waals surface area contributed by atoms with Gasteiger partial charge in [-0.25, -0.2) is 9.59 Å². The molecule has 2 aliphatic heterocycles. The molecule has 0 aliphatic carbocycles. The van der Waals surface area contributed by atoms with Crippen molar-refractivity contribution >= 4 is 17.8 Å². The maximum Gasteiger partial charge on any atom is 0.376 e. The highest BCUT2D eigenvalue weighted by Crippen LogP contribution is 2.56. The highest BCUT2D eigenvalue weighted by molar-refractivity contribution is 6.02. The Balaban J connectivity index is 2.14. The first-order chi connectivity index (χ1) is 13.9. The van der Waals surface area contributed by atoms with E-state index in [0.29, 0.717) is 13.1 Å². The first-order valence-electron chi connectivity index (χ1n) is 9.59. The number of carbonyl (C=O) groups excluding carboxylic acids is 3. The Morgan fingerprint density at radius 3 is 2.17 bits per heavy atom. The number of hydroxylamine groups is 2. The summed E-state index contributed by atoms with van der Waals surface area (Å²) < 4.78 is 9.70. The van der Waals surface area contributed by atoms with Gasteiger partial charge in [0.2, 0.25) is 11.7 Å². The van der Waals surface area contributed by atoms with Gasteiger partial charge in [0.1, 0.15) is 11.1 Å². The van der Waals surface area contributed by atoms with Crippen LogP contribution >= 0.6 is 0 Å². The predicted octanol–water partition coefficient (Wildman–Crippen LogP) is 1.63. The number of fused-ring (bicyclic) bond motifs is 1.